The van der Waals surface area contributed by atoms with Gasteiger partial charge in [0.2, 0.25) is 0 Å². The van der Waals surface area contributed by atoms with Crippen molar-refractivity contribution in [1.82, 2.24) is 10.6 Å². The summed E-state index contributed by atoms with van der Waals surface area (Å²) in [5.74, 6) is 0.861. The molecule has 1 rings (SSSR count). The van der Waals surface area contributed by atoms with Gasteiger partial charge in [-0.05, 0) is 71.9 Å². The van der Waals surface area contributed by atoms with Crippen LogP contribution in [0.1, 0.15) is 66.2 Å². The molecule has 17 heavy (non-hydrogen) atoms. The Labute approximate surface area is 108 Å². The number of nitrogens with one attached hydrogen (secondary N) is 2. The monoisotopic (exact) mass is 240 g/mol. The van der Waals surface area contributed by atoms with E-state index in [4.69, 9.17) is 0 Å². The SMILES string of the molecule is CCCC(CCCNC1CC1)CNC(C)(C)C. The molecule has 0 amide bonds. The molecule has 1 fully saturated rings. The van der Waals surface area contributed by atoms with E-state index in [0.717, 1.165) is 12.0 Å². The molecule has 0 radical (unpaired) electrons. The molecule has 2 heteroatoms. The minimum Gasteiger partial charge on any atom is -0.314 e. The summed E-state index contributed by atoms with van der Waals surface area (Å²) in [6, 6.07) is 0.868. The Morgan fingerprint density at radius 1 is 1.18 bits per heavy atom. The predicted octanol–water partition coefficient (Wildman–Crippen LogP) is 3.32. The molecule has 0 saturated heterocycles. The van der Waals surface area contributed by atoms with Crippen LogP contribution in [0.25, 0.3) is 0 Å². The van der Waals surface area contributed by atoms with Gasteiger partial charge >= 0.3 is 0 Å². The third-order valence-electron chi connectivity index (χ3n) is 3.42. The van der Waals surface area contributed by atoms with Crippen LogP contribution in [0.3, 0.4) is 0 Å². The van der Waals surface area contributed by atoms with Crippen molar-refractivity contribution in [3.05, 3.63) is 0 Å². The summed E-state index contributed by atoms with van der Waals surface area (Å²) < 4.78 is 0. The lowest BCUT2D eigenvalue weighted by Gasteiger charge is -2.25. The Balaban J connectivity index is 2.07. The summed E-state index contributed by atoms with van der Waals surface area (Å²) in [5.41, 5.74) is 0.262. The van der Waals surface area contributed by atoms with Crippen LogP contribution < -0.4 is 10.6 Å². The maximum Gasteiger partial charge on any atom is 0.00966 e. The molecule has 1 unspecified atom stereocenters. The average Bonchev–Trinajstić information content (AvgIpc) is 3.03. The minimum absolute atomic E-state index is 0.262. The van der Waals surface area contributed by atoms with E-state index < -0.39 is 0 Å². The zero-order valence-electron chi connectivity index (χ0n) is 12.3. The lowest BCUT2D eigenvalue weighted by atomic mass is 9.96. The smallest absolute Gasteiger partial charge is 0.00966 e. The van der Waals surface area contributed by atoms with Crippen LogP contribution in [0.5, 0.6) is 0 Å². The zero-order chi connectivity index (χ0) is 12.7. The molecule has 1 saturated carbocycles. The van der Waals surface area contributed by atoms with E-state index in [1.165, 1.54) is 51.6 Å². The molecule has 0 aromatic heterocycles. The van der Waals surface area contributed by atoms with Crippen molar-refractivity contribution in [2.24, 2.45) is 5.92 Å². The van der Waals surface area contributed by atoms with Crippen molar-refractivity contribution >= 4 is 0 Å². The molecule has 0 bridgehead atoms. The number of hydrogen-bond acceptors (Lipinski definition) is 2. The highest BCUT2D eigenvalue weighted by Crippen LogP contribution is 2.19. The lowest BCUT2D eigenvalue weighted by Crippen LogP contribution is -2.39. The van der Waals surface area contributed by atoms with Crippen LogP contribution in [0.2, 0.25) is 0 Å². The number of rotatable bonds is 9. The Kier molecular flexibility index (Phi) is 6.50. The summed E-state index contributed by atoms with van der Waals surface area (Å²) in [6.07, 6.45) is 8.20. The van der Waals surface area contributed by atoms with Gasteiger partial charge in [-0.2, -0.15) is 0 Å². The minimum atomic E-state index is 0.262. The van der Waals surface area contributed by atoms with Crippen molar-refractivity contribution in [3.63, 3.8) is 0 Å². The van der Waals surface area contributed by atoms with E-state index in [0.29, 0.717) is 0 Å². The highest BCUT2D eigenvalue weighted by atomic mass is 14.9. The molecule has 1 atom stereocenters. The van der Waals surface area contributed by atoms with Crippen LogP contribution in [0.15, 0.2) is 0 Å². The summed E-state index contributed by atoms with van der Waals surface area (Å²) >= 11 is 0. The topological polar surface area (TPSA) is 24.1 Å². The van der Waals surface area contributed by atoms with E-state index in [1.807, 2.05) is 0 Å². The lowest BCUT2D eigenvalue weighted by molar-refractivity contribution is 0.337. The van der Waals surface area contributed by atoms with Crippen LogP contribution in [0.4, 0.5) is 0 Å². The molecule has 2 N–H and O–H groups in total. The zero-order valence-corrected chi connectivity index (χ0v) is 12.3. The average molecular weight is 240 g/mol. The standard InChI is InChI=1S/C15H32N2/c1-5-7-13(12-17-15(2,3)4)8-6-11-16-14-9-10-14/h13-14,16-17H,5-12H2,1-4H3. The first-order chi connectivity index (χ1) is 8.01. The third kappa shape index (κ3) is 8.62. The molecule has 0 heterocycles. The summed E-state index contributed by atoms with van der Waals surface area (Å²) in [4.78, 5) is 0. The van der Waals surface area contributed by atoms with E-state index in [2.05, 4.69) is 38.3 Å². The fourth-order valence-corrected chi connectivity index (χ4v) is 2.19. The van der Waals surface area contributed by atoms with Gasteiger partial charge in [0.25, 0.3) is 0 Å². The van der Waals surface area contributed by atoms with Crippen LogP contribution in [-0.4, -0.2) is 24.7 Å². The van der Waals surface area contributed by atoms with E-state index in [9.17, 15) is 0 Å². The van der Waals surface area contributed by atoms with Gasteiger partial charge in [0, 0.05) is 11.6 Å². The first kappa shape index (κ1) is 15.0. The summed E-state index contributed by atoms with van der Waals surface area (Å²) in [5, 5.41) is 7.25. The first-order valence-corrected chi connectivity index (χ1v) is 7.49. The molecule has 0 aromatic rings. The Hall–Kier alpha value is -0.0800. The van der Waals surface area contributed by atoms with Crippen molar-refractivity contribution in [2.45, 2.75) is 77.8 Å². The van der Waals surface area contributed by atoms with Crippen molar-refractivity contribution in [2.75, 3.05) is 13.1 Å². The quantitative estimate of drug-likeness (QED) is 0.604. The highest BCUT2D eigenvalue weighted by molar-refractivity contribution is 4.80. The van der Waals surface area contributed by atoms with Gasteiger partial charge in [-0.3, -0.25) is 0 Å². The van der Waals surface area contributed by atoms with E-state index in [-0.39, 0.29) is 5.54 Å². The van der Waals surface area contributed by atoms with Gasteiger partial charge < -0.3 is 10.6 Å². The van der Waals surface area contributed by atoms with E-state index in [1.54, 1.807) is 0 Å². The van der Waals surface area contributed by atoms with Gasteiger partial charge in [0.15, 0.2) is 0 Å². The van der Waals surface area contributed by atoms with Gasteiger partial charge in [0.05, 0.1) is 0 Å². The molecule has 0 aromatic carbocycles. The van der Waals surface area contributed by atoms with Crippen LogP contribution >= 0.6 is 0 Å². The fraction of sp³-hybridized carbons (Fsp3) is 1.00. The Morgan fingerprint density at radius 2 is 1.88 bits per heavy atom. The number of hydrogen-bond donors (Lipinski definition) is 2. The Morgan fingerprint density at radius 3 is 2.41 bits per heavy atom. The second-order valence-electron chi connectivity index (χ2n) is 6.66. The Bertz CT molecular complexity index is 192. The predicted molar refractivity (Wildman–Crippen MR) is 76.4 cm³/mol. The molecule has 102 valence electrons. The van der Waals surface area contributed by atoms with Gasteiger partial charge in [-0.25, -0.2) is 0 Å². The molecular weight excluding hydrogens is 208 g/mol. The van der Waals surface area contributed by atoms with Crippen LogP contribution in [-0.2, 0) is 0 Å². The maximum atomic E-state index is 3.65. The second-order valence-corrected chi connectivity index (χ2v) is 6.66. The molecule has 0 spiro atoms. The molecule has 2 nitrogen and oxygen atoms in total. The van der Waals surface area contributed by atoms with Crippen molar-refractivity contribution in [1.29, 1.82) is 0 Å². The fourth-order valence-electron chi connectivity index (χ4n) is 2.19. The molecular formula is C15H32N2. The van der Waals surface area contributed by atoms with Gasteiger partial charge in [-0.15, -0.1) is 0 Å². The summed E-state index contributed by atoms with van der Waals surface area (Å²) in [7, 11) is 0. The second kappa shape index (κ2) is 7.38. The maximum absolute atomic E-state index is 3.65. The van der Waals surface area contributed by atoms with Gasteiger partial charge in [0.1, 0.15) is 0 Å². The van der Waals surface area contributed by atoms with Crippen LogP contribution in [0, 0.1) is 5.92 Å². The summed E-state index contributed by atoms with van der Waals surface area (Å²) in [6.45, 7) is 11.5. The third-order valence-corrected chi connectivity index (χ3v) is 3.42. The molecule has 1 aliphatic carbocycles. The van der Waals surface area contributed by atoms with Crippen molar-refractivity contribution in [3.8, 4) is 0 Å². The molecule has 0 aliphatic heterocycles. The van der Waals surface area contributed by atoms with E-state index >= 15 is 0 Å². The first-order valence-electron chi connectivity index (χ1n) is 7.49. The van der Waals surface area contributed by atoms with Gasteiger partial charge in [-0.1, -0.05) is 13.3 Å². The van der Waals surface area contributed by atoms with Crippen molar-refractivity contribution < 1.29 is 0 Å². The largest absolute Gasteiger partial charge is 0.314 e. The normalized spacial score (nSPS) is 18.4. The highest BCUT2D eigenvalue weighted by Gasteiger charge is 2.20. The molecule has 1 aliphatic rings.